The quantitative estimate of drug-likeness (QED) is 0.443. The maximum atomic E-state index is 17.3. The minimum absolute atomic E-state index is 0.0564. The lowest BCUT2D eigenvalue weighted by atomic mass is 9.44. The Bertz CT molecular complexity index is 980. The zero-order valence-electron chi connectivity index (χ0n) is 19.8. The molecule has 3 saturated carbocycles. The summed E-state index contributed by atoms with van der Waals surface area (Å²) >= 11 is 11.5. The third-order valence-electron chi connectivity index (χ3n) is 9.20. The van der Waals surface area contributed by atoms with Crippen LogP contribution in [0.1, 0.15) is 53.4 Å². The first kappa shape index (κ1) is 25.6. The molecule has 9 heteroatoms. The zero-order valence-corrected chi connectivity index (χ0v) is 21.3. The van der Waals surface area contributed by atoms with Gasteiger partial charge in [0.05, 0.1) is 12.7 Å². The summed E-state index contributed by atoms with van der Waals surface area (Å²) in [6.45, 7) is 6.96. The summed E-state index contributed by atoms with van der Waals surface area (Å²) < 4.78 is 28.4. The Morgan fingerprint density at radius 2 is 1.97 bits per heavy atom. The van der Waals surface area contributed by atoms with Crippen molar-refractivity contribution in [3.05, 3.63) is 23.8 Å². The molecule has 0 amide bonds. The van der Waals surface area contributed by atoms with Gasteiger partial charge in [-0.25, -0.2) is 14.0 Å². The molecule has 3 fully saturated rings. The number of aliphatic hydroxyl groups is 1. The first-order valence-electron chi connectivity index (χ1n) is 11.8. The molecule has 0 aromatic rings. The number of fused-ring (bicyclic) bond motifs is 5. The lowest BCUT2D eigenvalue weighted by Gasteiger charge is -2.62. The van der Waals surface area contributed by atoms with Crippen LogP contribution in [0.3, 0.4) is 0 Å². The van der Waals surface area contributed by atoms with Crippen molar-refractivity contribution < 1.29 is 33.4 Å². The second kappa shape index (κ2) is 8.31. The van der Waals surface area contributed by atoms with Crippen LogP contribution in [0.15, 0.2) is 23.8 Å². The average molecular weight is 517 g/mol. The van der Waals surface area contributed by atoms with Gasteiger partial charge >= 0.3 is 11.9 Å². The highest BCUT2D eigenvalue weighted by molar-refractivity contribution is 6.53. The predicted molar refractivity (Wildman–Crippen MR) is 124 cm³/mol. The molecule has 6 nitrogen and oxygen atoms in total. The van der Waals surface area contributed by atoms with E-state index >= 15 is 4.39 Å². The third-order valence-corrected chi connectivity index (χ3v) is 9.56. The number of hydrogen-bond donors (Lipinski definition) is 1. The lowest BCUT2D eigenvalue weighted by molar-refractivity contribution is -0.236. The molecule has 0 bridgehead atoms. The predicted octanol–water partition coefficient (Wildman–Crippen LogP) is 4.25. The number of carbonyl (C=O) groups is 3. The molecule has 0 aromatic carbocycles. The van der Waals surface area contributed by atoms with Crippen LogP contribution in [0.4, 0.5) is 4.39 Å². The minimum Gasteiger partial charge on any atom is -0.463 e. The average Bonchev–Trinajstić information content (AvgIpc) is 2.97. The van der Waals surface area contributed by atoms with Crippen molar-refractivity contribution in [2.75, 3.05) is 6.61 Å². The first-order valence-corrected chi connectivity index (χ1v) is 12.7. The molecule has 0 heterocycles. The van der Waals surface area contributed by atoms with E-state index in [0.717, 1.165) is 0 Å². The van der Waals surface area contributed by atoms with E-state index < -0.39 is 62.7 Å². The number of ether oxygens (including phenoxy) is 2. The van der Waals surface area contributed by atoms with Crippen LogP contribution < -0.4 is 0 Å². The van der Waals surface area contributed by atoms with Crippen molar-refractivity contribution in [2.24, 2.45) is 28.6 Å². The summed E-state index contributed by atoms with van der Waals surface area (Å²) in [5.41, 5.74) is -5.44. The number of halogens is 3. The van der Waals surface area contributed by atoms with Crippen molar-refractivity contribution in [2.45, 2.75) is 75.6 Å². The molecule has 4 aliphatic rings. The summed E-state index contributed by atoms with van der Waals surface area (Å²) in [5, 5.41) is 11.5. The molecule has 34 heavy (non-hydrogen) atoms. The van der Waals surface area contributed by atoms with Gasteiger partial charge in [-0.3, -0.25) is 4.79 Å². The summed E-state index contributed by atoms with van der Waals surface area (Å²) in [6.07, 6.45) is 4.06. The van der Waals surface area contributed by atoms with Crippen LogP contribution in [0.5, 0.6) is 0 Å². The van der Waals surface area contributed by atoms with Gasteiger partial charge in [-0.2, -0.15) is 0 Å². The van der Waals surface area contributed by atoms with Crippen LogP contribution in [-0.4, -0.2) is 51.6 Å². The van der Waals surface area contributed by atoms with Crippen molar-refractivity contribution in [3.8, 4) is 0 Å². The van der Waals surface area contributed by atoms with Crippen LogP contribution in [0.25, 0.3) is 0 Å². The van der Waals surface area contributed by atoms with Crippen molar-refractivity contribution in [1.29, 1.82) is 0 Å². The van der Waals surface area contributed by atoms with E-state index in [2.05, 4.69) is 0 Å². The maximum Gasteiger partial charge on any atom is 0.351 e. The van der Waals surface area contributed by atoms with Crippen molar-refractivity contribution >= 4 is 40.9 Å². The van der Waals surface area contributed by atoms with Crippen LogP contribution in [0.2, 0.25) is 0 Å². The van der Waals surface area contributed by atoms with Crippen molar-refractivity contribution in [3.63, 3.8) is 0 Å². The Balaban J connectivity index is 1.84. The Labute approximate surface area is 208 Å². The number of rotatable bonds is 4. The smallest absolute Gasteiger partial charge is 0.351 e. The SMILES string of the molecule is CCOC(=O)[C@@]1(OC(=O)C(Cl)Cl)[C@@H](C)C[C@H]2[C@@H]3CCC4=CC(=O)C=C[C@]4(C)[C@@]3(F)[C@@H](O)C[C@@]21C. The molecular weight excluding hydrogens is 486 g/mol. The highest BCUT2D eigenvalue weighted by atomic mass is 35.5. The van der Waals surface area contributed by atoms with Gasteiger partial charge in [-0.15, -0.1) is 0 Å². The van der Waals surface area contributed by atoms with Gasteiger partial charge in [0.15, 0.2) is 11.5 Å². The molecule has 0 radical (unpaired) electrons. The minimum atomic E-state index is -2.06. The van der Waals surface area contributed by atoms with Crippen LogP contribution >= 0.6 is 23.2 Å². The Morgan fingerprint density at radius 3 is 2.59 bits per heavy atom. The summed E-state index contributed by atoms with van der Waals surface area (Å²) in [4.78, 5) is 36.5. The molecular formula is C25H31Cl2FO6. The molecule has 1 N–H and O–H groups in total. The summed E-state index contributed by atoms with van der Waals surface area (Å²) in [7, 11) is 0. The first-order chi connectivity index (χ1) is 15.8. The van der Waals surface area contributed by atoms with E-state index in [0.29, 0.717) is 24.8 Å². The highest BCUT2D eigenvalue weighted by Gasteiger charge is 2.78. The van der Waals surface area contributed by atoms with E-state index in [1.165, 1.54) is 12.2 Å². The highest BCUT2D eigenvalue weighted by Crippen LogP contribution is 2.71. The summed E-state index contributed by atoms with van der Waals surface area (Å²) in [6, 6.07) is 0. The number of hydrogen-bond acceptors (Lipinski definition) is 6. The van der Waals surface area contributed by atoms with Gasteiger partial charge < -0.3 is 14.6 Å². The Kier molecular flexibility index (Phi) is 6.27. The number of esters is 2. The Hall–Kier alpha value is -1.44. The van der Waals surface area contributed by atoms with Gasteiger partial charge in [0.25, 0.3) is 0 Å². The van der Waals surface area contributed by atoms with Gasteiger partial charge in [0, 0.05) is 22.7 Å². The van der Waals surface area contributed by atoms with Crippen LogP contribution in [-0.2, 0) is 23.9 Å². The second-order valence-corrected chi connectivity index (χ2v) is 11.7. The number of allylic oxidation sites excluding steroid dienone is 4. The van der Waals surface area contributed by atoms with E-state index in [1.807, 2.05) is 0 Å². The Morgan fingerprint density at radius 1 is 1.29 bits per heavy atom. The fourth-order valence-electron chi connectivity index (χ4n) is 7.67. The maximum absolute atomic E-state index is 17.3. The largest absolute Gasteiger partial charge is 0.463 e. The number of aliphatic hydroxyl groups excluding tert-OH is 1. The molecule has 0 spiro atoms. The molecule has 188 valence electrons. The van der Waals surface area contributed by atoms with E-state index in [4.69, 9.17) is 32.7 Å². The van der Waals surface area contributed by atoms with Gasteiger partial charge in [0.2, 0.25) is 10.4 Å². The lowest BCUT2D eigenvalue weighted by Crippen LogP contribution is -2.70. The van der Waals surface area contributed by atoms with E-state index in [9.17, 15) is 19.5 Å². The summed E-state index contributed by atoms with van der Waals surface area (Å²) in [5.74, 6) is -3.47. The third kappa shape index (κ3) is 3.12. The van der Waals surface area contributed by atoms with Crippen LogP contribution in [0, 0.1) is 28.6 Å². The van der Waals surface area contributed by atoms with E-state index in [1.54, 1.807) is 33.8 Å². The fraction of sp³-hybridized carbons (Fsp3) is 0.720. The van der Waals surface area contributed by atoms with Crippen molar-refractivity contribution in [1.82, 2.24) is 0 Å². The van der Waals surface area contributed by atoms with E-state index in [-0.39, 0.29) is 18.8 Å². The topological polar surface area (TPSA) is 89.9 Å². The monoisotopic (exact) mass is 516 g/mol. The molecule has 4 rings (SSSR count). The van der Waals surface area contributed by atoms with Gasteiger partial charge in [0.1, 0.15) is 0 Å². The number of carbonyl (C=O) groups excluding carboxylic acids is 3. The molecule has 0 aromatic heterocycles. The fourth-order valence-corrected chi connectivity index (χ4v) is 7.76. The second-order valence-electron chi connectivity index (χ2n) is 10.6. The van der Waals surface area contributed by atoms with Gasteiger partial charge in [-0.1, -0.05) is 48.7 Å². The molecule has 4 aliphatic carbocycles. The number of alkyl halides is 3. The normalized spacial score (nSPS) is 45.2. The molecule has 0 saturated heterocycles. The molecule has 0 unspecified atom stereocenters. The molecule has 0 aliphatic heterocycles. The zero-order chi connectivity index (χ0) is 25.3. The molecule has 8 atom stereocenters. The van der Waals surface area contributed by atoms with Gasteiger partial charge in [-0.05, 0) is 57.6 Å². The number of ketones is 1. The standard InChI is InChI=1S/C25H31Cl2FO6/c1-5-33-21(32)25(34-20(31)19(26)27)13(2)10-17-16-7-6-14-11-15(29)8-9-22(14,3)24(16,28)18(30)12-23(17,25)4/h8-9,11,13,16-19,30H,5-7,10,12H2,1-4H3/t13-,16-,17-,18-,22-,23-,24-,25-/m0/s1.